The molecule has 1 fully saturated rings. The summed E-state index contributed by atoms with van der Waals surface area (Å²) in [7, 11) is -1.44. The molecule has 3 rings (SSSR count). The minimum atomic E-state index is -3.05. The van der Waals surface area contributed by atoms with Crippen molar-refractivity contribution in [2.24, 2.45) is 0 Å². The maximum Gasteiger partial charge on any atom is 0.257 e. The highest BCUT2D eigenvalue weighted by Gasteiger charge is 2.33. The number of halogens is 1. The number of hydrogen-bond acceptors (Lipinski definition) is 6. The van der Waals surface area contributed by atoms with E-state index in [0.29, 0.717) is 23.0 Å². The highest BCUT2D eigenvalue weighted by molar-refractivity contribution is 7.91. The van der Waals surface area contributed by atoms with Crippen LogP contribution in [0, 0.1) is 0 Å². The molecule has 25 heavy (non-hydrogen) atoms. The van der Waals surface area contributed by atoms with Crippen LogP contribution in [0.4, 0.5) is 11.6 Å². The summed E-state index contributed by atoms with van der Waals surface area (Å²) < 4.78 is 23.1. The Kier molecular flexibility index (Phi) is 4.91. The van der Waals surface area contributed by atoms with E-state index in [4.69, 9.17) is 11.6 Å². The number of benzene rings is 1. The quantitative estimate of drug-likeness (QED) is 0.873. The van der Waals surface area contributed by atoms with Gasteiger partial charge < -0.3 is 10.2 Å². The Morgan fingerprint density at radius 2 is 2.04 bits per heavy atom. The molecule has 1 N–H and O–H groups in total. The van der Waals surface area contributed by atoms with Crippen LogP contribution in [0.15, 0.2) is 36.7 Å². The van der Waals surface area contributed by atoms with E-state index in [-0.39, 0.29) is 23.5 Å². The van der Waals surface area contributed by atoms with Crippen LogP contribution in [0.2, 0.25) is 5.02 Å². The zero-order chi connectivity index (χ0) is 18.0. The smallest absolute Gasteiger partial charge is 0.257 e. The van der Waals surface area contributed by atoms with Gasteiger partial charge in [0.05, 0.1) is 17.1 Å². The molecular weight excluding hydrogens is 364 g/mol. The molecule has 1 amide bonds. The Bertz CT molecular complexity index is 887. The zero-order valence-corrected chi connectivity index (χ0v) is 15.1. The summed E-state index contributed by atoms with van der Waals surface area (Å²) >= 11 is 5.92. The van der Waals surface area contributed by atoms with Crippen molar-refractivity contribution in [2.75, 3.05) is 23.9 Å². The first-order valence-corrected chi connectivity index (χ1v) is 9.86. The predicted octanol–water partition coefficient (Wildman–Crippen LogP) is 2.13. The third-order valence-corrected chi connectivity index (χ3v) is 6.04. The lowest BCUT2D eigenvalue weighted by Gasteiger charge is -2.23. The molecule has 2 aromatic rings. The fourth-order valence-electron chi connectivity index (χ4n) is 2.65. The Labute approximate surface area is 151 Å². The number of carbonyl (C=O) groups is 1. The van der Waals surface area contributed by atoms with Crippen LogP contribution in [0.3, 0.4) is 0 Å². The lowest BCUT2D eigenvalue weighted by molar-refractivity contribution is 0.0747. The van der Waals surface area contributed by atoms with Gasteiger partial charge in [-0.1, -0.05) is 17.7 Å². The molecule has 1 unspecified atom stereocenters. The average Bonchev–Trinajstić information content (AvgIpc) is 2.94. The Balaban J connectivity index is 1.68. The van der Waals surface area contributed by atoms with E-state index in [1.54, 1.807) is 25.2 Å². The van der Waals surface area contributed by atoms with E-state index in [9.17, 15) is 13.2 Å². The van der Waals surface area contributed by atoms with Crippen LogP contribution < -0.4 is 5.32 Å². The van der Waals surface area contributed by atoms with E-state index in [0.717, 1.165) is 5.69 Å². The minimum Gasteiger partial charge on any atom is -0.338 e. The molecule has 1 saturated heterocycles. The molecule has 0 spiro atoms. The van der Waals surface area contributed by atoms with Crippen molar-refractivity contribution in [1.29, 1.82) is 0 Å². The summed E-state index contributed by atoms with van der Waals surface area (Å²) in [6, 6.07) is 6.81. The number of hydrogen-bond donors (Lipinski definition) is 1. The number of sulfone groups is 1. The largest absolute Gasteiger partial charge is 0.338 e. The lowest BCUT2D eigenvalue weighted by Crippen LogP contribution is -2.37. The first-order chi connectivity index (χ1) is 11.8. The third-order valence-electron chi connectivity index (χ3n) is 4.06. The van der Waals surface area contributed by atoms with E-state index < -0.39 is 9.84 Å². The molecule has 0 aliphatic carbocycles. The van der Waals surface area contributed by atoms with Crippen LogP contribution in [0.25, 0.3) is 0 Å². The maximum atomic E-state index is 12.5. The zero-order valence-electron chi connectivity index (χ0n) is 13.5. The van der Waals surface area contributed by atoms with Gasteiger partial charge in [-0.15, -0.1) is 0 Å². The van der Waals surface area contributed by atoms with E-state index >= 15 is 0 Å². The molecule has 1 atom stereocenters. The van der Waals surface area contributed by atoms with Crippen molar-refractivity contribution >= 4 is 39.0 Å². The summed E-state index contributed by atoms with van der Waals surface area (Å²) in [6.45, 7) is 0. The van der Waals surface area contributed by atoms with Crippen molar-refractivity contribution < 1.29 is 13.2 Å². The van der Waals surface area contributed by atoms with Crippen molar-refractivity contribution in [3.05, 3.63) is 47.2 Å². The number of nitrogens with one attached hydrogen (secondary N) is 1. The minimum absolute atomic E-state index is 0.00447. The standard InChI is InChI=1S/C16H17ClN4O3S/c1-21(14-5-6-25(23,24)10-14)15(22)11-8-18-16(19-9-11)20-13-4-2-3-12(17)7-13/h2-4,7-9,14H,5-6,10H2,1H3,(H,18,19,20). The van der Waals surface area contributed by atoms with Crippen LogP contribution in [-0.2, 0) is 9.84 Å². The first-order valence-electron chi connectivity index (χ1n) is 7.66. The number of amides is 1. The topological polar surface area (TPSA) is 92.3 Å². The summed E-state index contributed by atoms with van der Waals surface area (Å²) in [5, 5.41) is 3.58. The van der Waals surface area contributed by atoms with Gasteiger partial charge in [-0.2, -0.15) is 0 Å². The van der Waals surface area contributed by atoms with Gasteiger partial charge in [-0.25, -0.2) is 18.4 Å². The number of aromatic nitrogens is 2. The Hall–Kier alpha value is -2.19. The monoisotopic (exact) mass is 380 g/mol. The highest BCUT2D eigenvalue weighted by atomic mass is 35.5. The second-order valence-corrected chi connectivity index (χ2v) is 8.57. The Morgan fingerprint density at radius 1 is 1.32 bits per heavy atom. The van der Waals surface area contributed by atoms with Crippen LogP contribution in [0.1, 0.15) is 16.8 Å². The van der Waals surface area contributed by atoms with Gasteiger partial charge in [0.1, 0.15) is 0 Å². The summed E-state index contributed by atoms with van der Waals surface area (Å²) in [6.07, 6.45) is 3.30. The third kappa shape index (κ3) is 4.26. The molecule has 132 valence electrons. The van der Waals surface area contributed by atoms with Gasteiger partial charge >= 0.3 is 0 Å². The Morgan fingerprint density at radius 3 is 2.64 bits per heavy atom. The second kappa shape index (κ2) is 6.97. The number of rotatable bonds is 4. The van der Waals surface area contributed by atoms with E-state index in [2.05, 4.69) is 15.3 Å². The van der Waals surface area contributed by atoms with Crippen LogP contribution >= 0.6 is 11.6 Å². The summed E-state index contributed by atoms with van der Waals surface area (Å²) in [5.74, 6) is 0.167. The van der Waals surface area contributed by atoms with Gasteiger partial charge in [0.15, 0.2) is 9.84 Å². The molecule has 7 nitrogen and oxygen atoms in total. The molecule has 1 aromatic heterocycles. The molecule has 1 aliphatic heterocycles. The van der Waals surface area contributed by atoms with Crippen molar-refractivity contribution in [3.8, 4) is 0 Å². The van der Waals surface area contributed by atoms with E-state index in [1.807, 2.05) is 6.07 Å². The molecule has 0 bridgehead atoms. The van der Waals surface area contributed by atoms with Crippen molar-refractivity contribution in [1.82, 2.24) is 14.9 Å². The number of nitrogens with zero attached hydrogens (tertiary/aromatic N) is 3. The molecule has 1 aromatic carbocycles. The SMILES string of the molecule is CN(C(=O)c1cnc(Nc2cccc(Cl)c2)nc1)C1CCS(=O)(=O)C1. The van der Waals surface area contributed by atoms with Gasteiger partial charge in [-0.3, -0.25) is 4.79 Å². The second-order valence-electron chi connectivity index (χ2n) is 5.90. The normalized spacial score (nSPS) is 18.7. The van der Waals surface area contributed by atoms with Gasteiger partial charge in [-0.05, 0) is 24.6 Å². The first kappa shape index (κ1) is 17.6. The van der Waals surface area contributed by atoms with Gasteiger partial charge in [0.25, 0.3) is 5.91 Å². The molecule has 9 heteroatoms. The number of carbonyl (C=O) groups excluding carboxylic acids is 1. The van der Waals surface area contributed by atoms with Crippen LogP contribution in [0.5, 0.6) is 0 Å². The molecular formula is C16H17ClN4O3S. The summed E-state index contributed by atoms with van der Waals surface area (Å²) in [4.78, 5) is 22.2. The van der Waals surface area contributed by atoms with E-state index in [1.165, 1.54) is 17.3 Å². The average molecular weight is 381 g/mol. The molecule has 0 saturated carbocycles. The van der Waals surface area contributed by atoms with Crippen LogP contribution in [-0.4, -0.2) is 53.8 Å². The van der Waals surface area contributed by atoms with Crippen molar-refractivity contribution in [2.45, 2.75) is 12.5 Å². The van der Waals surface area contributed by atoms with Gasteiger partial charge in [0, 0.05) is 36.2 Å². The fraction of sp³-hybridized carbons (Fsp3) is 0.312. The lowest BCUT2D eigenvalue weighted by atomic mass is 10.2. The highest BCUT2D eigenvalue weighted by Crippen LogP contribution is 2.20. The maximum absolute atomic E-state index is 12.5. The predicted molar refractivity (Wildman–Crippen MR) is 95.9 cm³/mol. The molecule has 1 aliphatic rings. The molecule has 0 radical (unpaired) electrons. The fourth-order valence-corrected chi connectivity index (χ4v) is 4.61. The summed E-state index contributed by atoms with van der Waals surface area (Å²) in [5.41, 5.74) is 1.04. The molecule has 2 heterocycles. The number of anilines is 2. The van der Waals surface area contributed by atoms with Crippen molar-refractivity contribution in [3.63, 3.8) is 0 Å². The van der Waals surface area contributed by atoms with Gasteiger partial charge in [0.2, 0.25) is 5.95 Å².